The Morgan fingerprint density at radius 1 is 1.53 bits per heavy atom. The van der Waals surface area contributed by atoms with Gasteiger partial charge in [0.25, 0.3) is 0 Å². The summed E-state index contributed by atoms with van der Waals surface area (Å²) in [5.74, 6) is 0. The van der Waals surface area contributed by atoms with Gasteiger partial charge in [-0.2, -0.15) is 5.26 Å². The van der Waals surface area contributed by atoms with Crippen LogP contribution in [0.1, 0.15) is 19.4 Å². The Hall–Kier alpha value is -1.05. The van der Waals surface area contributed by atoms with E-state index in [1.54, 1.807) is 7.11 Å². The van der Waals surface area contributed by atoms with Crippen molar-refractivity contribution in [3.63, 3.8) is 0 Å². The molecule has 0 saturated heterocycles. The lowest BCUT2D eigenvalue weighted by Gasteiger charge is -2.30. The van der Waals surface area contributed by atoms with Crippen molar-refractivity contribution in [3.05, 3.63) is 28.2 Å². The molecule has 0 aromatic heterocycles. The van der Waals surface area contributed by atoms with E-state index in [9.17, 15) is 0 Å². The van der Waals surface area contributed by atoms with Crippen LogP contribution in [0.2, 0.25) is 0 Å². The van der Waals surface area contributed by atoms with Gasteiger partial charge in [-0.05, 0) is 48.0 Å². The minimum atomic E-state index is 0.310. The molecule has 1 aromatic carbocycles. The van der Waals surface area contributed by atoms with Gasteiger partial charge in [0.1, 0.15) is 6.07 Å². The van der Waals surface area contributed by atoms with Gasteiger partial charge < -0.3 is 9.64 Å². The highest BCUT2D eigenvalue weighted by atomic mass is 79.9. The van der Waals surface area contributed by atoms with Crippen molar-refractivity contribution in [2.75, 3.05) is 25.2 Å². The molecule has 0 aliphatic carbocycles. The van der Waals surface area contributed by atoms with Crippen molar-refractivity contribution in [1.29, 1.82) is 5.26 Å². The van der Waals surface area contributed by atoms with Gasteiger partial charge in [-0.15, -0.1) is 0 Å². The topological polar surface area (TPSA) is 36.3 Å². The van der Waals surface area contributed by atoms with Crippen LogP contribution >= 0.6 is 15.9 Å². The van der Waals surface area contributed by atoms with Crippen LogP contribution in [0.15, 0.2) is 22.7 Å². The molecule has 0 saturated carbocycles. The van der Waals surface area contributed by atoms with Gasteiger partial charge >= 0.3 is 0 Å². The number of ether oxygens (including phenoxy) is 1. The summed E-state index contributed by atoms with van der Waals surface area (Å²) in [6, 6.07) is 8.24. The maximum Gasteiger partial charge on any atom is 0.100 e. The van der Waals surface area contributed by atoms with Crippen molar-refractivity contribution in [2.45, 2.75) is 19.9 Å². The van der Waals surface area contributed by atoms with Crippen molar-refractivity contribution < 1.29 is 4.74 Å². The molecule has 0 N–H and O–H groups in total. The zero-order chi connectivity index (χ0) is 12.8. The average molecular weight is 297 g/mol. The van der Waals surface area contributed by atoms with Crippen LogP contribution in [0.3, 0.4) is 0 Å². The Labute approximate surface area is 111 Å². The molecule has 0 spiro atoms. The lowest BCUT2D eigenvalue weighted by molar-refractivity contribution is 0.182. The predicted octanol–water partition coefficient (Wildman–Crippen LogP) is 3.18. The van der Waals surface area contributed by atoms with Gasteiger partial charge in [0.05, 0.1) is 12.2 Å². The van der Waals surface area contributed by atoms with E-state index in [-0.39, 0.29) is 0 Å². The van der Waals surface area contributed by atoms with E-state index in [0.717, 1.165) is 16.7 Å². The molecule has 3 nitrogen and oxygen atoms in total. The SMILES string of the molecule is CCN(c1ccc(C#N)c(Br)c1)C(C)COC. The first-order chi connectivity index (χ1) is 8.13. The standard InChI is InChI=1S/C13H17BrN2O/c1-4-16(10(2)9-17-3)12-6-5-11(8-15)13(14)7-12/h5-7,10H,4,9H2,1-3H3. The molecular weight excluding hydrogens is 280 g/mol. The molecule has 17 heavy (non-hydrogen) atoms. The number of likely N-dealkylation sites (N-methyl/N-ethyl adjacent to an activating group) is 1. The van der Waals surface area contributed by atoms with E-state index in [1.165, 1.54) is 0 Å². The number of benzene rings is 1. The van der Waals surface area contributed by atoms with Crippen LogP contribution in [0.4, 0.5) is 5.69 Å². The molecule has 0 aliphatic rings. The zero-order valence-electron chi connectivity index (χ0n) is 10.4. The summed E-state index contributed by atoms with van der Waals surface area (Å²) in [7, 11) is 1.71. The summed E-state index contributed by atoms with van der Waals surface area (Å²) in [5.41, 5.74) is 1.76. The third kappa shape index (κ3) is 3.45. The minimum Gasteiger partial charge on any atom is -0.383 e. The van der Waals surface area contributed by atoms with E-state index in [1.807, 2.05) is 18.2 Å². The molecule has 0 amide bonds. The fraction of sp³-hybridized carbons (Fsp3) is 0.462. The van der Waals surface area contributed by atoms with Gasteiger partial charge in [0.2, 0.25) is 0 Å². The molecule has 92 valence electrons. The summed E-state index contributed by atoms with van der Waals surface area (Å²) in [6.07, 6.45) is 0. The second-order valence-corrected chi connectivity index (χ2v) is 4.72. The third-order valence-electron chi connectivity index (χ3n) is 2.69. The molecule has 4 heteroatoms. The molecule has 0 aliphatic heterocycles. The Kier molecular flexibility index (Phi) is 5.46. The summed E-state index contributed by atoms with van der Waals surface area (Å²) < 4.78 is 6.01. The maximum atomic E-state index is 8.88. The van der Waals surface area contributed by atoms with E-state index in [0.29, 0.717) is 18.2 Å². The maximum absolute atomic E-state index is 8.88. The summed E-state index contributed by atoms with van der Waals surface area (Å²) in [4.78, 5) is 2.25. The first kappa shape index (κ1) is 14.0. The van der Waals surface area contributed by atoms with Crippen LogP contribution in [-0.4, -0.2) is 26.3 Å². The Balaban J connectivity index is 2.97. The van der Waals surface area contributed by atoms with Crippen LogP contribution in [0, 0.1) is 11.3 Å². The van der Waals surface area contributed by atoms with E-state index >= 15 is 0 Å². The molecule has 1 unspecified atom stereocenters. The van der Waals surface area contributed by atoms with Crippen LogP contribution < -0.4 is 4.90 Å². The van der Waals surface area contributed by atoms with Crippen LogP contribution in [0.25, 0.3) is 0 Å². The number of halogens is 1. The highest BCUT2D eigenvalue weighted by Gasteiger charge is 2.13. The lowest BCUT2D eigenvalue weighted by Crippen LogP contribution is -2.36. The smallest absolute Gasteiger partial charge is 0.100 e. The average Bonchev–Trinajstić information content (AvgIpc) is 2.30. The molecular formula is C13H17BrN2O. The quantitative estimate of drug-likeness (QED) is 0.837. The van der Waals surface area contributed by atoms with Crippen LogP contribution in [0.5, 0.6) is 0 Å². The van der Waals surface area contributed by atoms with Gasteiger partial charge in [-0.25, -0.2) is 0 Å². The Bertz CT molecular complexity index is 414. The number of hydrogen-bond acceptors (Lipinski definition) is 3. The third-order valence-corrected chi connectivity index (χ3v) is 3.34. The van der Waals surface area contributed by atoms with E-state index < -0.39 is 0 Å². The summed E-state index contributed by atoms with van der Waals surface area (Å²) in [6.45, 7) is 5.83. The number of rotatable bonds is 5. The molecule has 0 fully saturated rings. The fourth-order valence-corrected chi connectivity index (χ4v) is 2.31. The van der Waals surface area contributed by atoms with Gasteiger partial charge in [-0.1, -0.05) is 0 Å². The molecule has 1 rings (SSSR count). The van der Waals surface area contributed by atoms with Crippen molar-refractivity contribution >= 4 is 21.6 Å². The zero-order valence-corrected chi connectivity index (χ0v) is 12.0. The minimum absolute atomic E-state index is 0.310. The van der Waals surface area contributed by atoms with Crippen LogP contribution in [-0.2, 0) is 4.74 Å². The molecule has 0 radical (unpaired) electrons. The monoisotopic (exact) mass is 296 g/mol. The van der Waals surface area contributed by atoms with Crippen molar-refractivity contribution in [2.24, 2.45) is 0 Å². The second-order valence-electron chi connectivity index (χ2n) is 3.87. The van der Waals surface area contributed by atoms with Gasteiger partial charge in [0.15, 0.2) is 0 Å². The normalized spacial score (nSPS) is 11.9. The lowest BCUT2D eigenvalue weighted by atomic mass is 10.2. The Morgan fingerprint density at radius 3 is 2.71 bits per heavy atom. The second kappa shape index (κ2) is 6.63. The number of nitrogens with zero attached hydrogens (tertiary/aromatic N) is 2. The number of methoxy groups -OCH3 is 1. The van der Waals surface area contributed by atoms with Crippen molar-refractivity contribution in [1.82, 2.24) is 0 Å². The molecule has 0 bridgehead atoms. The summed E-state index contributed by atoms with van der Waals surface area (Å²) >= 11 is 3.41. The first-order valence-electron chi connectivity index (χ1n) is 5.59. The number of anilines is 1. The molecule has 0 heterocycles. The highest BCUT2D eigenvalue weighted by molar-refractivity contribution is 9.10. The van der Waals surface area contributed by atoms with E-state index in [4.69, 9.17) is 10.00 Å². The van der Waals surface area contributed by atoms with E-state index in [2.05, 4.69) is 40.7 Å². The number of nitriles is 1. The first-order valence-corrected chi connectivity index (χ1v) is 6.38. The number of hydrogen-bond donors (Lipinski definition) is 0. The largest absolute Gasteiger partial charge is 0.383 e. The predicted molar refractivity (Wildman–Crippen MR) is 73.2 cm³/mol. The fourth-order valence-electron chi connectivity index (χ4n) is 1.85. The van der Waals surface area contributed by atoms with Gasteiger partial charge in [-0.3, -0.25) is 0 Å². The van der Waals surface area contributed by atoms with Gasteiger partial charge in [0, 0.05) is 29.9 Å². The Morgan fingerprint density at radius 2 is 2.24 bits per heavy atom. The highest BCUT2D eigenvalue weighted by Crippen LogP contribution is 2.25. The summed E-state index contributed by atoms with van der Waals surface area (Å²) in [5, 5.41) is 8.88. The molecule has 1 aromatic rings. The molecule has 1 atom stereocenters. The van der Waals surface area contributed by atoms with Crippen molar-refractivity contribution in [3.8, 4) is 6.07 Å².